The van der Waals surface area contributed by atoms with E-state index < -0.39 is 36.6 Å². The van der Waals surface area contributed by atoms with Crippen LogP contribution in [0.2, 0.25) is 0 Å². The Morgan fingerprint density at radius 1 is 0.963 bits per heavy atom. The molecule has 0 N–H and O–H groups in total. The van der Waals surface area contributed by atoms with E-state index in [4.69, 9.17) is 18.9 Å². The van der Waals surface area contributed by atoms with Gasteiger partial charge in [-0.15, -0.1) is 0 Å². The molecule has 3 rings (SSSR count). The maximum absolute atomic E-state index is 14.6. The zero-order valence-corrected chi connectivity index (χ0v) is 14.6. The lowest BCUT2D eigenvalue weighted by Gasteiger charge is -2.19. The average molecular weight is 374 g/mol. The highest BCUT2D eigenvalue weighted by atomic mass is 19.1. The Morgan fingerprint density at radius 3 is 2.07 bits per heavy atom. The number of ether oxygens (including phenoxy) is 4. The molecule has 0 aromatic heterocycles. The van der Waals surface area contributed by atoms with Crippen molar-refractivity contribution in [3.63, 3.8) is 0 Å². The zero-order chi connectivity index (χ0) is 19.2. The number of carbonyl (C=O) groups excluding carboxylic acids is 2. The Labute approximate surface area is 155 Å². The lowest BCUT2D eigenvalue weighted by molar-refractivity contribution is -0.142. The van der Waals surface area contributed by atoms with Gasteiger partial charge in [-0.25, -0.2) is 14.0 Å². The van der Waals surface area contributed by atoms with Gasteiger partial charge in [0.25, 0.3) is 0 Å². The highest BCUT2D eigenvalue weighted by Gasteiger charge is 2.48. The number of esters is 2. The topological polar surface area (TPSA) is 71.1 Å². The average Bonchev–Trinajstić information content (AvgIpc) is 3.02. The Balaban J connectivity index is 1.66. The van der Waals surface area contributed by atoms with Crippen LogP contribution in [0, 0.1) is 0 Å². The molecule has 1 aliphatic rings. The van der Waals surface area contributed by atoms with Gasteiger partial charge in [-0.2, -0.15) is 0 Å². The van der Waals surface area contributed by atoms with E-state index in [9.17, 15) is 14.0 Å². The molecule has 27 heavy (non-hydrogen) atoms. The molecule has 142 valence electrons. The molecule has 0 radical (unpaired) electrons. The van der Waals surface area contributed by atoms with Crippen LogP contribution in [-0.2, 0) is 18.9 Å². The number of hydrogen-bond acceptors (Lipinski definition) is 6. The molecule has 1 aliphatic heterocycles. The predicted molar refractivity (Wildman–Crippen MR) is 92.9 cm³/mol. The van der Waals surface area contributed by atoms with Gasteiger partial charge in [-0.05, 0) is 24.3 Å². The molecule has 1 fully saturated rings. The van der Waals surface area contributed by atoms with Gasteiger partial charge in [-0.1, -0.05) is 36.4 Å². The second-order valence-electron chi connectivity index (χ2n) is 5.92. The third-order valence-electron chi connectivity index (χ3n) is 4.12. The van der Waals surface area contributed by atoms with Crippen molar-refractivity contribution < 1.29 is 32.9 Å². The van der Waals surface area contributed by atoms with E-state index in [1.807, 2.05) is 0 Å². The highest BCUT2D eigenvalue weighted by Crippen LogP contribution is 2.28. The van der Waals surface area contributed by atoms with Crippen molar-refractivity contribution in [2.75, 3.05) is 13.7 Å². The number of alkyl halides is 1. The summed E-state index contributed by atoms with van der Waals surface area (Å²) in [4.78, 5) is 24.3. The molecule has 0 saturated carbocycles. The van der Waals surface area contributed by atoms with Crippen LogP contribution in [0.3, 0.4) is 0 Å². The van der Waals surface area contributed by atoms with Crippen LogP contribution >= 0.6 is 0 Å². The first-order chi connectivity index (χ1) is 13.1. The molecule has 2 aromatic carbocycles. The van der Waals surface area contributed by atoms with E-state index in [1.165, 1.54) is 7.11 Å². The smallest absolute Gasteiger partial charge is 0.338 e. The fourth-order valence-electron chi connectivity index (χ4n) is 2.73. The van der Waals surface area contributed by atoms with Crippen LogP contribution < -0.4 is 0 Å². The minimum atomic E-state index is -1.71. The number of rotatable bonds is 6. The normalized spacial score (nSPS) is 24.4. The maximum Gasteiger partial charge on any atom is 0.338 e. The Bertz CT molecular complexity index is 767. The van der Waals surface area contributed by atoms with Crippen LogP contribution in [-0.4, -0.2) is 50.3 Å². The molecule has 0 spiro atoms. The molecule has 1 saturated heterocycles. The van der Waals surface area contributed by atoms with Gasteiger partial charge in [0.15, 0.2) is 18.6 Å². The van der Waals surface area contributed by atoms with Gasteiger partial charge in [-0.3, -0.25) is 0 Å². The summed E-state index contributed by atoms with van der Waals surface area (Å²) in [5.41, 5.74) is 0.638. The van der Waals surface area contributed by atoms with Crippen LogP contribution in [0.5, 0.6) is 0 Å². The van der Waals surface area contributed by atoms with Crippen LogP contribution in [0.1, 0.15) is 20.7 Å². The second-order valence-corrected chi connectivity index (χ2v) is 5.92. The third-order valence-corrected chi connectivity index (χ3v) is 4.12. The molecule has 1 heterocycles. The summed E-state index contributed by atoms with van der Waals surface area (Å²) >= 11 is 0. The first-order valence-electron chi connectivity index (χ1n) is 8.40. The molecule has 2 aromatic rings. The summed E-state index contributed by atoms with van der Waals surface area (Å²) in [5, 5.41) is 0. The Hall–Kier alpha value is -2.77. The maximum atomic E-state index is 14.6. The minimum absolute atomic E-state index is 0.277. The Kier molecular flexibility index (Phi) is 6.16. The molecule has 6 nitrogen and oxygen atoms in total. The summed E-state index contributed by atoms with van der Waals surface area (Å²) in [6, 6.07) is 16.6. The molecule has 0 aliphatic carbocycles. The number of benzene rings is 2. The molecule has 0 bridgehead atoms. The van der Waals surface area contributed by atoms with Crippen LogP contribution in [0.4, 0.5) is 4.39 Å². The lowest BCUT2D eigenvalue weighted by Crippen LogP contribution is -2.37. The van der Waals surface area contributed by atoms with E-state index >= 15 is 0 Å². The third kappa shape index (κ3) is 4.50. The number of halogens is 1. The summed E-state index contributed by atoms with van der Waals surface area (Å²) in [6.45, 7) is -0.277. The zero-order valence-electron chi connectivity index (χ0n) is 14.6. The predicted octanol–water partition coefficient (Wildman–Crippen LogP) is 2.78. The SMILES string of the molecule is CO[C@@H]1O[C@@H](COC(=O)c2ccccc2)[C@H](OC(=O)c2ccccc2)[C@H]1F. The number of methoxy groups -OCH3 is 1. The van der Waals surface area contributed by atoms with Gasteiger partial charge >= 0.3 is 11.9 Å². The molecule has 0 unspecified atom stereocenters. The van der Waals surface area contributed by atoms with Gasteiger partial charge in [0.1, 0.15) is 12.7 Å². The van der Waals surface area contributed by atoms with Gasteiger partial charge in [0.2, 0.25) is 0 Å². The minimum Gasteiger partial charge on any atom is -0.459 e. The molecule has 0 amide bonds. The number of carbonyl (C=O) groups is 2. The fourth-order valence-corrected chi connectivity index (χ4v) is 2.73. The standard InChI is InChI=1S/C20H19FO6/c1-24-20-16(21)17(27-19(23)14-10-6-3-7-11-14)15(26-20)12-25-18(22)13-8-4-2-5-9-13/h2-11,15-17,20H,12H2,1H3/t15-,16+,17-,20+/m0/s1. The van der Waals surface area contributed by atoms with Gasteiger partial charge < -0.3 is 18.9 Å². The monoisotopic (exact) mass is 374 g/mol. The summed E-state index contributed by atoms with van der Waals surface area (Å²) in [6.07, 6.45) is -5.15. The molecule has 7 heteroatoms. The van der Waals surface area contributed by atoms with E-state index in [-0.39, 0.29) is 12.2 Å². The first kappa shape index (κ1) is 19.0. The van der Waals surface area contributed by atoms with Crippen LogP contribution in [0.25, 0.3) is 0 Å². The summed E-state index contributed by atoms with van der Waals surface area (Å²) in [7, 11) is 1.28. The van der Waals surface area contributed by atoms with Crippen LogP contribution in [0.15, 0.2) is 60.7 Å². The summed E-state index contributed by atoms with van der Waals surface area (Å²) < 4.78 is 35.4. The fraction of sp³-hybridized carbons (Fsp3) is 0.300. The van der Waals surface area contributed by atoms with Crippen molar-refractivity contribution in [1.82, 2.24) is 0 Å². The van der Waals surface area contributed by atoms with Crippen molar-refractivity contribution in [3.05, 3.63) is 71.8 Å². The number of hydrogen-bond donors (Lipinski definition) is 0. The quantitative estimate of drug-likeness (QED) is 0.724. The molecular formula is C20H19FO6. The molecular weight excluding hydrogens is 355 g/mol. The van der Waals surface area contributed by atoms with E-state index in [2.05, 4.69) is 0 Å². The second kappa shape index (κ2) is 8.75. The first-order valence-corrected chi connectivity index (χ1v) is 8.40. The van der Waals surface area contributed by atoms with Crippen molar-refractivity contribution >= 4 is 11.9 Å². The summed E-state index contributed by atoms with van der Waals surface area (Å²) in [5.74, 6) is -1.27. The van der Waals surface area contributed by atoms with E-state index in [0.717, 1.165) is 0 Å². The van der Waals surface area contributed by atoms with E-state index in [1.54, 1.807) is 60.7 Å². The van der Waals surface area contributed by atoms with Gasteiger partial charge in [0.05, 0.1) is 11.1 Å². The van der Waals surface area contributed by atoms with Crippen molar-refractivity contribution in [2.24, 2.45) is 0 Å². The highest BCUT2D eigenvalue weighted by molar-refractivity contribution is 5.90. The lowest BCUT2D eigenvalue weighted by atomic mass is 10.1. The molecule has 4 atom stereocenters. The van der Waals surface area contributed by atoms with Crippen molar-refractivity contribution in [1.29, 1.82) is 0 Å². The van der Waals surface area contributed by atoms with E-state index in [0.29, 0.717) is 5.56 Å². The van der Waals surface area contributed by atoms with Crippen molar-refractivity contribution in [3.8, 4) is 0 Å². The van der Waals surface area contributed by atoms with Gasteiger partial charge in [0, 0.05) is 7.11 Å². The van der Waals surface area contributed by atoms with Crippen molar-refractivity contribution in [2.45, 2.75) is 24.7 Å². The Morgan fingerprint density at radius 2 is 1.52 bits per heavy atom. The largest absolute Gasteiger partial charge is 0.459 e.